The predicted octanol–water partition coefficient (Wildman–Crippen LogP) is -0.315. The number of carbonyl (C=O) groups is 1. The zero-order valence-corrected chi connectivity index (χ0v) is 7.85. The molecule has 0 unspecified atom stereocenters. The van der Waals surface area contributed by atoms with E-state index in [1.807, 2.05) is 0 Å². The Kier molecular flexibility index (Phi) is 4.61. The molecule has 5 heteroatoms. The van der Waals surface area contributed by atoms with Gasteiger partial charge >= 0.3 is 6.09 Å². The number of hydrogen-bond acceptors (Lipinski definition) is 3. The lowest BCUT2D eigenvalue weighted by molar-refractivity contribution is -0.375. The van der Waals surface area contributed by atoms with Crippen LogP contribution in [0.15, 0.2) is 0 Å². The lowest BCUT2D eigenvalue weighted by Gasteiger charge is -2.19. The summed E-state index contributed by atoms with van der Waals surface area (Å²) in [5.74, 6) is 0. The van der Waals surface area contributed by atoms with E-state index in [4.69, 9.17) is 9.57 Å². The second-order valence-electron chi connectivity index (χ2n) is 3.31. The Morgan fingerprint density at radius 3 is 2.50 bits per heavy atom. The summed E-state index contributed by atoms with van der Waals surface area (Å²) < 4.78 is 4.89. The van der Waals surface area contributed by atoms with Crippen LogP contribution in [0.2, 0.25) is 0 Å². The van der Waals surface area contributed by atoms with E-state index in [1.165, 1.54) is 0 Å². The number of hydrogen-bond donors (Lipinski definition) is 2. The van der Waals surface area contributed by atoms with Crippen molar-refractivity contribution in [2.75, 3.05) is 13.2 Å². The van der Waals surface area contributed by atoms with Crippen molar-refractivity contribution in [2.24, 2.45) is 0 Å². The van der Waals surface area contributed by atoms with Gasteiger partial charge in [-0.1, -0.05) is 0 Å². The van der Waals surface area contributed by atoms with Crippen molar-refractivity contribution in [3.05, 3.63) is 0 Å². The predicted molar refractivity (Wildman–Crippen MR) is 43.1 cm³/mol. The molecule has 0 fully saturated rings. The van der Waals surface area contributed by atoms with Crippen molar-refractivity contribution in [2.45, 2.75) is 26.4 Å². The van der Waals surface area contributed by atoms with Crippen molar-refractivity contribution >= 4 is 6.09 Å². The summed E-state index contributed by atoms with van der Waals surface area (Å²) in [4.78, 5) is 15.6. The first-order valence-electron chi connectivity index (χ1n) is 3.86. The van der Waals surface area contributed by atoms with Gasteiger partial charge in [0.25, 0.3) is 0 Å². The molecule has 0 aliphatic heterocycles. The molecule has 0 saturated heterocycles. The number of hydroxylamine groups is 1. The van der Waals surface area contributed by atoms with Gasteiger partial charge in [-0.05, 0) is 20.8 Å². The van der Waals surface area contributed by atoms with E-state index in [0.29, 0.717) is 13.2 Å². The summed E-state index contributed by atoms with van der Waals surface area (Å²) >= 11 is 0. The fourth-order valence-corrected chi connectivity index (χ4v) is 0.481. The average Bonchev–Trinajstić information content (AvgIpc) is 1.84. The molecule has 0 aromatic carbocycles. The lowest BCUT2D eigenvalue weighted by Crippen LogP contribution is -2.53. The van der Waals surface area contributed by atoms with E-state index in [1.54, 1.807) is 20.8 Å². The van der Waals surface area contributed by atoms with Gasteiger partial charge in [-0.15, -0.1) is 0 Å². The van der Waals surface area contributed by atoms with Crippen LogP contribution in [0.25, 0.3) is 0 Å². The molecular weight excluding hydrogens is 160 g/mol. The molecule has 0 spiro atoms. The Morgan fingerprint density at radius 2 is 2.08 bits per heavy atom. The fourth-order valence-electron chi connectivity index (χ4n) is 0.481. The maximum atomic E-state index is 10.9. The summed E-state index contributed by atoms with van der Waals surface area (Å²) in [5, 5.41) is 0. The third kappa shape index (κ3) is 7.30. The van der Waals surface area contributed by atoms with Crippen LogP contribution >= 0.6 is 0 Å². The van der Waals surface area contributed by atoms with Crippen LogP contribution in [0.4, 0.5) is 4.79 Å². The van der Waals surface area contributed by atoms with Gasteiger partial charge in [0.05, 0.1) is 0 Å². The van der Waals surface area contributed by atoms with E-state index in [2.05, 4.69) is 11.2 Å². The highest BCUT2D eigenvalue weighted by Gasteiger charge is 2.15. The second kappa shape index (κ2) is 4.95. The van der Waals surface area contributed by atoms with E-state index >= 15 is 0 Å². The van der Waals surface area contributed by atoms with Crippen molar-refractivity contribution in [1.29, 1.82) is 0 Å². The monoisotopic (exact) mass is 177 g/mol. The molecule has 5 nitrogen and oxygen atoms in total. The topological polar surface area (TPSA) is 75.2 Å². The summed E-state index contributed by atoms with van der Waals surface area (Å²) in [6.07, 6.45) is -0.573. The van der Waals surface area contributed by atoms with Gasteiger partial charge in [-0.25, -0.2) is 4.79 Å². The van der Waals surface area contributed by atoms with Gasteiger partial charge < -0.3 is 10.5 Å². The number of carbonyl (C=O) groups excluding carboxylic acids is 1. The quantitative estimate of drug-likeness (QED) is 0.458. The first-order chi connectivity index (χ1) is 5.45. The first-order valence-corrected chi connectivity index (χ1v) is 3.86. The number of nitrogens with one attached hydrogen (secondary N) is 1. The second-order valence-corrected chi connectivity index (χ2v) is 3.31. The van der Waals surface area contributed by atoms with Gasteiger partial charge in [0.2, 0.25) is 0 Å². The molecule has 0 atom stereocenters. The SMILES string of the molecule is CC(C)(C)OC(=O)NOCC[NH3+]. The molecule has 0 rings (SSSR count). The normalized spacial score (nSPS) is 11.0. The molecule has 0 aliphatic rings. The largest absolute Gasteiger partial charge is 0.442 e. The maximum Gasteiger partial charge on any atom is 0.431 e. The molecule has 0 aliphatic carbocycles. The Bertz CT molecular complexity index is 142. The highest BCUT2D eigenvalue weighted by molar-refractivity contribution is 5.66. The van der Waals surface area contributed by atoms with Gasteiger partial charge in [-0.2, -0.15) is 5.48 Å². The van der Waals surface area contributed by atoms with Crippen molar-refractivity contribution in [3.63, 3.8) is 0 Å². The number of quaternary nitrogens is 1. The van der Waals surface area contributed by atoms with Crippen LogP contribution in [-0.2, 0) is 9.57 Å². The Balaban J connectivity index is 3.47. The average molecular weight is 177 g/mol. The van der Waals surface area contributed by atoms with Crippen molar-refractivity contribution < 1.29 is 20.1 Å². The van der Waals surface area contributed by atoms with Gasteiger partial charge in [-0.3, -0.25) is 4.84 Å². The highest BCUT2D eigenvalue weighted by Crippen LogP contribution is 2.05. The Morgan fingerprint density at radius 1 is 1.50 bits per heavy atom. The van der Waals surface area contributed by atoms with Crippen LogP contribution in [0.1, 0.15) is 20.8 Å². The van der Waals surface area contributed by atoms with Gasteiger partial charge in [0.1, 0.15) is 18.8 Å². The van der Waals surface area contributed by atoms with Crippen LogP contribution < -0.4 is 11.2 Å². The molecule has 0 heterocycles. The summed E-state index contributed by atoms with van der Waals surface area (Å²) in [7, 11) is 0. The third-order valence-electron chi connectivity index (χ3n) is 0.801. The molecule has 1 amide bonds. The van der Waals surface area contributed by atoms with E-state index < -0.39 is 11.7 Å². The summed E-state index contributed by atoms with van der Waals surface area (Å²) in [5.41, 5.74) is 5.19. The zero-order valence-electron chi connectivity index (χ0n) is 7.85. The molecule has 0 saturated carbocycles. The number of rotatable bonds is 3. The van der Waals surface area contributed by atoms with Crippen LogP contribution in [0.3, 0.4) is 0 Å². The van der Waals surface area contributed by atoms with Gasteiger partial charge in [0.15, 0.2) is 0 Å². The minimum atomic E-state index is -0.573. The van der Waals surface area contributed by atoms with Crippen LogP contribution in [0, 0.1) is 0 Å². The van der Waals surface area contributed by atoms with Crippen LogP contribution in [-0.4, -0.2) is 24.8 Å². The standard InChI is InChI=1S/C7H16N2O3/c1-7(2,3)12-6(10)9-11-5-4-8/h4-5,8H2,1-3H3,(H,9,10)/p+1. The highest BCUT2D eigenvalue weighted by atomic mass is 16.7. The summed E-state index contributed by atoms with van der Waals surface area (Å²) in [6.45, 7) is 6.35. The first kappa shape index (κ1) is 11.2. The van der Waals surface area contributed by atoms with Gasteiger partial charge in [0, 0.05) is 0 Å². The molecule has 0 aromatic heterocycles. The lowest BCUT2D eigenvalue weighted by atomic mass is 10.2. The molecule has 4 N–H and O–H groups in total. The van der Waals surface area contributed by atoms with E-state index in [-0.39, 0.29) is 0 Å². The minimum absolute atomic E-state index is 0.388. The number of amides is 1. The zero-order chi connectivity index (χ0) is 9.61. The Labute approximate surface area is 72.2 Å². The van der Waals surface area contributed by atoms with E-state index in [9.17, 15) is 4.79 Å². The molecule has 0 bridgehead atoms. The Hall–Kier alpha value is -0.810. The molecule has 0 aromatic rings. The van der Waals surface area contributed by atoms with Crippen molar-refractivity contribution in [3.8, 4) is 0 Å². The van der Waals surface area contributed by atoms with Crippen molar-refractivity contribution in [1.82, 2.24) is 5.48 Å². The summed E-state index contributed by atoms with van der Waals surface area (Å²) in [6, 6.07) is 0. The number of ether oxygens (including phenoxy) is 1. The molecule has 72 valence electrons. The molecule has 12 heavy (non-hydrogen) atoms. The molecular formula is C7H17N2O3+. The third-order valence-corrected chi connectivity index (χ3v) is 0.801. The smallest absolute Gasteiger partial charge is 0.431 e. The fraction of sp³-hybridized carbons (Fsp3) is 0.857. The maximum absolute atomic E-state index is 10.9. The minimum Gasteiger partial charge on any atom is -0.442 e. The molecule has 0 radical (unpaired) electrons. The van der Waals surface area contributed by atoms with E-state index in [0.717, 1.165) is 0 Å². The van der Waals surface area contributed by atoms with Crippen LogP contribution in [0.5, 0.6) is 0 Å².